The van der Waals surface area contributed by atoms with Gasteiger partial charge in [-0.1, -0.05) is 35.5 Å². The van der Waals surface area contributed by atoms with Crippen molar-refractivity contribution in [3.05, 3.63) is 58.4 Å². The molecular weight excluding hydrogens is 242 g/mol. The maximum atomic E-state index is 11.7. The van der Waals surface area contributed by atoms with Gasteiger partial charge in [-0.15, -0.1) is 5.10 Å². The predicted octanol–water partition coefficient (Wildman–Crippen LogP) is 1.80. The molecule has 0 amide bonds. The van der Waals surface area contributed by atoms with E-state index in [2.05, 4.69) is 15.4 Å². The van der Waals surface area contributed by atoms with E-state index in [9.17, 15) is 9.59 Å². The van der Waals surface area contributed by atoms with Crippen LogP contribution in [0.5, 0.6) is 0 Å². The van der Waals surface area contributed by atoms with Gasteiger partial charge in [-0.05, 0) is 23.3 Å². The smallest absolute Gasteiger partial charge is 0.275 e. The lowest BCUT2D eigenvalue weighted by Crippen LogP contribution is -2.09. The third-order valence-electron chi connectivity index (χ3n) is 2.93. The van der Waals surface area contributed by atoms with Gasteiger partial charge in [0.25, 0.3) is 5.56 Å². The molecule has 5 heteroatoms. The second-order valence-corrected chi connectivity index (χ2v) is 4.11. The van der Waals surface area contributed by atoms with Crippen LogP contribution >= 0.6 is 0 Å². The number of fused-ring (bicyclic) bond motifs is 1. The highest BCUT2D eigenvalue weighted by Gasteiger charge is 2.04. The summed E-state index contributed by atoms with van der Waals surface area (Å²) >= 11 is 0. The molecule has 1 aromatic heterocycles. The van der Waals surface area contributed by atoms with Crippen molar-refractivity contribution in [2.45, 2.75) is 0 Å². The van der Waals surface area contributed by atoms with E-state index in [1.165, 1.54) is 0 Å². The topological polar surface area (TPSA) is 75.7 Å². The highest BCUT2D eigenvalue weighted by molar-refractivity contribution is 5.84. The first-order valence-electron chi connectivity index (χ1n) is 5.69. The number of aromatic amines is 1. The highest BCUT2D eigenvalue weighted by Crippen LogP contribution is 2.21. The SMILES string of the molecule is O=Cc1ccc(-c2ccc3nn[nH]c(=O)c3c2)cc1. The first-order valence-corrected chi connectivity index (χ1v) is 5.69. The van der Waals surface area contributed by atoms with E-state index >= 15 is 0 Å². The summed E-state index contributed by atoms with van der Waals surface area (Å²) < 4.78 is 0. The Kier molecular flexibility index (Phi) is 2.64. The standard InChI is InChI=1S/C14H9N3O2/c18-8-9-1-3-10(4-2-9)11-5-6-13-12(7-11)14(19)16-17-15-13/h1-8H,(H,15,16,19). The van der Waals surface area contributed by atoms with E-state index in [1.54, 1.807) is 24.3 Å². The lowest BCUT2D eigenvalue weighted by molar-refractivity contribution is 0.112. The van der Waals surface area contributed by atoms with Gasteiger partial charge in [0.15, 0.2) is 0 Å². The van der Waals surface area contributed by atoms with Gasteiger partial charge in [-0.2, -0.15) is 0 Å². The van der Waals surface area contributed by atoms with Crippen molar-refractivity contribution in [3.8, 4) is 11.1 Å². The van der Waals surface area contributed by atoms with Crippen molar-refractivity contribution in [2.24, 2.45) is 0 Å². The summed E-state index contributed by atoms with van der Waals surface area (Å²) in [5, 5.41) is 10.2. The maximum Gasteiger partial charge on any atom is 0.275 e. The fourth-order valence-corrected chi connectivity index (χ4v) is 1.92. The monoisotopic (exact) mass is 251 g/mol. The molecule has 0 saturated carbocycles. The van der Waals surface area contributed by atoms with E-state index in [-0.39, 0.29) is 5.56 Å². The molecule has 0 spiro atoms. The van der Waals surface area contributed by atoms with Crippen LogP contribution in [0.1, 0.15) is 10.4 Å². The highest BCUT2D eigenvalue weighted by atomic mass is 16.1. The minimum atomic E-state index is -0.267. The second kappa shape index (κ2) is 4.45. The Labute approximate surface area is 107 Å². The Balaban J connectivity index is 2.16. The molecule has 0 aliphatic carbocycles. The van der Waals surface area contributed by atoms with Gasteiger partial charge in [-0.25, -0.2) is 5.10 Å². The summed E-state index contributed by atoms with van der Waals surface area (Å²) in [6, 6.07) is 12.5. The molecule has 2 aromatic carbocycles. The van der Waals surface area contributed by atoms with Crippen LogP contribution in [-0.4, -0.2) is 21.7 Å². The minimum Gasteiger partial charge on any atom is -0.298 e. The molecule has 5 nitrogen and oxygen atoms in total. The number of nitrogens with one attached hydrogen (secondary N) is 1. The Morgan fingerprint density at radius 3 is 2.47 bits per heavy atom. The van der Waals surface area contributed by atoms with Crippen LogP contribution in [0.15, 0.2) is 47.3 Å². The quantitative estimate of drug-likeness (QED) is 0.704. The van der Waals surface area contributed by atoms with Crippen LogP contribution in [0.4, 0.5) is 0 Å². The van der Waals surface area contributed by atoms with E-state index in [1.807, 2.05) is 18.2 Å². The molecule has 0 atom stereocenters. The number of H-pyrrole nitrogens is 1. The van der Waals surface area contributed by atoms with Crippen molar-refractivity contribution in [2.75, 3.05) is 0 Å². The van der Waals surface area contributed by atoms with Gasteiger partial charge in [0.2, 0.25) is 0 Å². The summed E-state index contributed by atoms with van der Waals surface area (Å²) in [5.74, 6) is 0. The van der Waals surface area contributed by atoms with Gasteiger partial charge < -0.3 is 0 Å². The number of hydrogen-bond acceptors (Lipinski definition) is 4. The van der Waals surface area contributed by atoms with Crippen molar-refractivity contribution in [1.29, 1.82) is 0 Å². The summed E-state index contributed by atoms with van der Waals surface area (Å²) in [5.41, 5.74) is 2.73. The van der Waals surface area contributed by atoms with Crippen LogP contribution in [0.25, 0.3) is 22.0 Å². The number of rotatable bonds is 2. The van der Waals surface area contributed by atoms with Crippen LogP contribution < -0.4 is 5.56 Å². The number of benzene rings is 2. The van der Waals surface area contributed by atoms with Gasteiger partial charge in [0, 0.05) is 5.56 Å². The molecule has 1 N–H and O–H groups in total. The number of carbonyl (C=O) groups is 1. The molecule has 0 aliphatic heterocycles. The van der Waals surface area contributed by atoms with Crippen LogP contribution in [0.2, 0.25) is 0 Å². The largest absolute Gasteiger partial charge is 0.298 e. The van der Waals surface area contributed by atoms with Gasteiger partial charge in [0.05, 0.1) is 5.39 Å². The van der Waals surface area contributed by atoms with Crippen molar-refractivity contribution in [3.63, 3.8) is 0 Å². The molecule has 0 bridgehead atoms. The van der Waals surface area contributed by atoms with Gasteiger partial charge in [-0.3, -0.25) is 9.59 Å². The fraction of sp³-hybridized carbons (Fsp3) is 0. The average molecular weight is 251 g/mol. The lowest BCUT2D eigenvalue weighted by atomic mass is 10.0. The summed E-state index contributed by atoms with van der Waals surface area (Å²) in [7, 11) is 0. The van der Waals surface area contributed by atoms with Crippen molar-refractivity contribution >= 4 is 17.2 Å². The van der Waals surface area contributed by atoms with E-state index in [0.29, 0.717) is 16.5 Å². The molecule has 0 radical (unpaired) electrons. The predicted molar refractivity (Wildman–Crippen MR) is 71.0 cm³/mol. The molecule has 0 unspecified atom stereocenters. The zero-order valence-electron chi connectivity index (χ0n) is 9.83. The van der Waals surface area contributed by atoms with Crippen LogP contribution in [0.3, 0.4) is 0 Å². The zero-order valence-corrected chi connectivity index (χ0v) is 9.83. The molecule has 3 aromatic rings. The number of hydrogen-bond donors (Lipinski definition) is 1. The number of aldehydes is 1. The van der Waals surface area contributed by atoms with Crippen molar-refractivity contribution in [1.82, 2.24) is 15.4 Å². The third kappa shape index (κ3) is 2.01. The average Bonchev–Trinajstić information content (AvgIpc) is 2.47. The van der Waals surface area contributed by atoms with Crippen LogP contribution in [-0.2, 0) is 0 Å². The number of carbonyl (C=O) groups excluding carboxylic acids is 1. The lowest BCUT2D eigenvalue weighted by Gasteiger charge is -2.03. The Hall–Kier alpha value is -2.82. The van der Waals surface area contributed by atoms with Crippen molar-refractivity contribution < 1.29 is 4.79 Å². The third-order valence-corrected chi connectivity index (χ3v) is 2.93. The first-order chi connectivity index (χ1) is 9.28. The molecule has 19 heavy (non-hydrogen) atoms. The maximum absolute atomic E-state index is 11.7. The Bertz CT molecular complexity index is 807. The van der Waals surface area contributed by atoms with Gasteiger partial charge in [0.1, 0.15) is 11.8 Å². The molecular formula is C14H9N3O2. The van der Waals surface area contributed by atoms with E-state index in [0.717, 1.165) is 17.4 Å². The minimum absolute atomic E-state index is 0.267. The molecule has 1 heterocycles. The van der Waals surface area contributed by atoms with Crippen LogP contribution in [0, 0.1) is 0 Å². The molecule has 3 rings (SSSR count). The molecule has 0 aliphatic rings. The number of nitrogens with zero attached hydrogens (tertiary/aromatic N) is 2. The Morgan fingerprint density at radius 2 is 1.74 bits per heavy atom. The summed E-state index contributed by atoms with van der Waals surface area (Å²) in [4.78, 5) is 22.3. The Morgan fingerprint density at radius 1 is 1.00 bits per heavy atom. The normalized spacial score (nSPS) is 10.5. The molecule has 0 saturated heterocycles. The second-order valence-electron chi connectivity index (χ2n) is 4.11. The van der Waals surface area contributed by atoms with E-state index < -0.39 is 0 Å². The molecule has 0 fully saturated rings. The fourth-order valence-electron chi connectivity index (χ4n) is 1.92. The first kappa shape index (κ1) is 11.3. The van der Waals surface area contributed by atoms with Gasteiger partial charge >= 0.3 is 0 Å². The number of aromatic nitrogens is 3. The summed E-state index contributed by atoms with van der Waals surface area (Å²) in [6.07, 6.45) is 0.796. The molecule has 92 valence electrons. The zero-order chi connectivity index (χ0) is 13.2. The summed E-state index contributed by atoms with van der Waals surface area (Å²) in [6.45, 7) is 0. The van der Waals surface area contributed by atoms with E-state index in [4.69, 9.17) is 0 Å².